The van der Waals surface area contributed by atoms with Crippen LogP contribution in [0.3, 0.4) is 0 Å². The van der Waals surface area contributed by atoms with Crippen molar-refractivity contribution in [3.63, 3.8) is 0 Å². The van der Waals surface area contributed by atoms with Crippen LogP contribution in [0.1, 0.15) is 48.3 Å². The molecule has 0 spiro atoms. The van der Waals surface area contributed by atoms with Crippen molar-refractivity contribution in [2.75, 3.05) is 26.2 Å². The zero-order valence-electron chi connectivity index (χ0n) is 21.1. The fourth-order valence-corrected chi connectivity index (χ4v) is 6.67. The summed E-state index contributed by atoms with van der Waals surface area (Å²) in [4.78, 5) is 17.7. The molecule has 1 saturated heterocycles. The van der Waals surface area contributed by atoms with Crippen LogP contribution in [0, 0.1) is 0 Å². The van der Waals surface area contributed by atoms with Gasteiger partial charge in [0.15, 0.2) is 0 Å². The molecule has 3 aromatic rings. The van der Waals surface area contributed by atoms with Gasteiger partial charge >= 0.3 is 0 Å². The van der Waals surface area contributed by atoms with Crippen LogP contribution in [-0.2, 0) is 10.0 Å². The van der Waals surface area contributed by atoms with Crippen molar-refractivity contribution in [1.82, 2.24) is 14.5 Å². The summed E-state index contributed by atoms with van der Waals surface area (Å²) >= 11 is 10.0. The summed E-state index contributed by atoms with van der Waals surface area (Å²) < 4.78 is 28.9. The van der Waals surface area contributed by atoms with Crippen LogP contribution in [-0.4, -0.2) is 55.8 Å². The molecule has 1 aliphatic rings. The molecule has 1 N–H and O–H groups in total. The van der Waals surface area contributed by atoms with Gasteiger partial charge in [0, 0.05) is 41.2 Å². The van der Waals surface area contributed by atoms with Crippen LogP contribution >= 0.6 is 27.5 Å². The number of halogens is 2. The number of sulfonamides is 1. The number of hydrogen-bond donors (Lipinski definition) is 1. The molecule has 1 amide bonds. The Morgan fingerprint density at radius 1 is 0.946 bits per heavy atom. The minimum atomic E-state index is -3.77. The number of piperazine rings is 1. The first kappa shape index (κ1) is 27.8. The summed E-state index contributed by atoms with van der Waals surface area (Å²) in [6.07, 6.45) is 0. The third-order valence-electron chi connectivity index (χ3n) is 6.20. The standard InChI is InChI=1S/C28H31BrClN3O3S/c1-28(2,3)31-37(35,36)21-13-14-24(29)23(19-21)27(34)33-17-15-32(16-18-33)26(20-9-5-4-6-10-20)22-11-7-8-12-25(22)30/h4-14,19,26,31H,15-18H2,1-3H3. The number of rotatable bonds is 6. The van der Waals surface area contributed by atoms with E-state index in [2.05, 4.69) is 37.7 Å². The maximum Gasteiger partial charge on any atom is 0.255 e. The van der Waals surface area contributed by atoms with Gasteiger partial charge in [0.05, 0.1) is 16.5 Å². The maximum atomic E-state index is 13.5. The molecule has 4 rings (SSSR count). The minimum Gasteiger partial charge on any atom is -0.336 e. The quantitative estimate of drug-likeness (QED) is 0.390. The van der Waals surface area contributed by atoms with Gasteiger partial charge in [0.25, 0.3) is 5.91 Å². The zero-order chi connectivity index (χ0) is 26.8. The second-order valence-electron chi connectivity index (χ2n) is 10.2. The van der Waals surface area contributed by atoms with Gasteiger partial charge in [-0.1, -0.05) is 60.1 Å². The first-order chi connectivity index (χ1) is 17.5. The summed E-state index contributed by atoms with van der Waals surface area (Å²) in [5.41, 5.74) is 1.86. The van der Waals surface area contributed by atoms with Gasteiger partial charge in [-0.3, -0.25) is 9.69 Å². The summed E-state index contributed by atoms with van der Waals surface area (Å²) in [5.74, 6) is -0.201. The molecule has 3 aromatic carbocycles. The van der Waals surface area contributed by atoms with E-state index in [4.69, 9.17) is 11.6 Å². The third-order valence-corrected chi connectivity index (χ3v) is 8.99. The summed E-state index contributed by atoms with van der Waals surface area (Å²) in [6, 6.07) is 22.6. The number of carbonyl (C=O) groups excluding carboxylic acids is 1. The van der Waals surface area contributed by atoms with Crippen LogP contribution in [0.15, 0.2) is 82.2 Å². The number of nitrogens with one attached hydrogen (secondary N) is 1. The Morgan fingerprint density at radius 2 is 1.57 bits per heavy atom. The SMILES string of the molecule is CC(C)(C)NS(=O)(=O)c1ccc(Br)c(C(=O)N2CCN(C(c3ccccc3)c3ccccc3Cl)CC2)c1. The Labute approximate surface area is 232 Å². The van der Waals surface area contributed by atoms with E-state index in [0.29, 0.717) is 41.2 Å². The Hall–Kier alpha value is -2.23. The number of carbonyl (C=O) groups is 1. The fourth-order valence-electron chi connectivity index (χ4n) is 4.57. The first-order valence-corrected chi connectivity index (χ1v) is 14.8. The van der Waals surface area contributed by atoms with E-state index in [0.717, 1.165) is 11.1 Å². The van der Waals surface area contributed by atoms with Gasteiger partial charge < -0.3 is 4.90 Å². The Morgan fingerprint density at radius 3 is 2.19 bits per heavy atom. The topological polar surface area (TPSA) is 69.7 Å². The molecule has 1 atom stereocenters. The van der Waals surface area contributed by atoms with Gasteiger partial charge in [0.2, 0.25) is 10.0 Å². The van der Waals surface area contributed by atoms with E-state index in [1.165, 1.54) is 12.1 Å². The Balaban J connectivity index is 1.55. The van der Waals surface area contributed by atoms with Crippen molar-refractivity contribution in [3.8, 4) is 0 Å². The van der Waals surface area contributed by atoms with Crippen molar-refractivity contribution in [3.05, 3.63) is 99.0 Å². The van der Waals surface area contributed by atoms with E-state index in [1.54, 1.807) is 31.7 Å². The van der Waals surface area contributed by atoms with Crippen LogP contribution in [0.2, 0.25) is 5.02 Å². The lowest BCUT2D eigenvalue weighted by molar-refractivity contribution is 0.0596. The fraction of sp³-hybridized carbons (Fsp3) is 0.321. The monoisotopic (exact) mass is 603 g/mol. The van der Waals surface area contributed by atoms with Crippen molar-refractivity contribution in [2.24, 2.45) is 0 Å². The molecule has 196 valence electrons. The largest absolute Gasteiger partial charge is 0.336 e. The van der Waals surface area contributed by atoms with E-state index < -0.39 is 15.6 Å². The minimum absolute atomic E-state index is 0.0316. The van der Waals surface area contributed by atoms with E-state index in [1.807, 2.05) is 42.5 Å². The predicted octanol–water partition coefficient (Wildman–Crippen LogP) is 5.73. The van der Waals surface area contributed by atoms with Gasteiger partial charge in [-0.2, -0.15) is 0 Å². The lowest BCUT2D eigenvalue weighted by atomic mass is 9.96. The molecule has 9 heteroatoms. The molecular weight excluding hydrogens is 574 g/mol. The highest BCUT2D eigenvalue weighted by Gasteiger charge is 2.31. The van der Waals surface area contributed by atoms with Gasteiger partial charge in [-0.25, -0.2) is 13.1 Å². The number of benzene rings is 3. The lowest BCUT2D eigenvalue weighted by Crippen LogP contribution is -2.50. The molecule has 1 heterocycles. The van der Waals surface area contributed by atoms with Crippen LogP contribution < -0.4 is 4.72 Å². The van der Waals surface area contributed by atoms with Crippen molar-refractivity contribution >= 4 is 43.5 Å². The van der Waals surface area contributed by atoms with E-state index in [9.17, 15) is 13.2 Å². The Bertz CT molecular complexity index is 1370. The number of hydrogen-bond acceptors (Lipinski definition) is 4. The second-order valence-corrected chi connectivity index (χ2v) is 13.1. The van der Waals surface area contributed by atoms with Crippen molar-refractivity contribution < 1.29 is 13.2 Å². The normalized spacial score (nSPS) is 16.0. The van der Waals surface area contributed by atoms with Crippen molar-refractivity contribution in [2.45, 2.75) is 37.2 Å². The summed E-state index contributed by atoms with van der Waals surface area (Å²) in [5, 5.41) is 0.709. The molecule has 0 saturated carbocycles. The molecule has 0 aliphatic carbocycles. The Kier molecular flexibility index (Phi) is 8.45. The van der Waals surface area contributed by atoms with Gasteiger partial charge in [-0.05, 0) is 72.1 Å². The average molecular weight is 605 g/mol. The summed E-state index contributed by atoms with van der Waals surface area (Å²) in [7, 11) is -3.77. The molecule has 37 heavy (non-hydrogen) atoms. The first-order valence-electron chi connectivity index (χ1n) is 12.1. The molecule has 1 unspecified atom stereocenters. The molecule has 1 fully saturated rings. The lowest BCUT2D eigenvalue weighted by Gasteiger charge is -2.40. The zero-order valence-corrected chi connectivity index (χ0v) is 24.3. The number of amides is 1. The van der Waals surface area contributed by atoms with E-state index in [-0.39, 0.29) is 16.8 Å². The smallest absolute Gasteiger partial charge is 0.255 e. The van der Waals surface area contributed by atoms with Crippen LogP contribution in [0.25, 0.3) is 0 Å². The van der Waals surface area contributed by atoms with E-state index >= 15 is 0 Å². The molecule has 0 radical (unpaired) electrons. The molecular formula is C28H31BrClN3O3S. The highest BCUT2D eigenvalue weighted by Crippen LogP contribution is 2.34. The van der Waals surface area contributed by atoms with Gasteiger partial charge in [0.1, 0.15) is 0 Å². The molecule has 0 aromatic heterocycles. The predicted molar refractivity (Wildman–Crippen MR) is 151 cm³/mol. The highest BCUT2D eigenvalue weighted by atomic mass is 79.9. The average Bonchev–Trinajstić information content (AvgIpc) is 2.85. The molecule has 1 aliphatic heterocycles. The number of nitrogens with zero attached hydrogens (tertiary/aromatic N) is 2. The molecule has 0 bridgehead atoms. The molecule has 6 nitrogen and oxygen atoms in total. The second kappa shape index (κ2) is 11.3. The van der Waals surface area contributed by atoms with Gasteiger partial charge in [-0.15, -0.1) is 0 Å². The summed E-state index contributed by atoms with van der Waals surface area (Å²) in [6.45, 7) is 7.66. The highest BCUT2D eigenvalue weighted by molar-refractivity contribution is 9.10. The van der Waals surface area contributed by atoms with Crippen molar-refractivity contribution in [1.29, 1.82) is 0 Å². The maximum absolute atomic E-state index is 13.5. The van der Waals surface area contributed by atoms with Crippen LogP contribution in [0.5, 0.6) is 0 Å². The third kappa shape index (κ3) is 6.62. The van der Waals surface area contributed by atoms with Crippen LogP contribution in [0.4, 0.5) is 0 Å².